The summed E-state index contributed by atoms with van der Waals surface area (Å²) < 4.78 is 51.8. The minimum atomic E-state index is -4.08. The normalized spacial score (nSPS) is 11.0. The standard InChI is InChI=1S/C23H23FN2O5S/c1-30-18-11-12-21(31-2)22(15-18)32(28,29)26-20-6-4-3-5-19(20)23(27)25-14-13-16-7-9-17(24)10-8-16/h3-12,15,26H,13-14H2,1-2H3,(H,25,27). The topological polar surface area (TPSA) is 93.7 Å². The van der Waals surface area contributed by atoms with Crippen LogP contribution in [0, 0.1) is 5.82 Å². The lowest BCUT2D eigenvalue weighted by Gasteiger charge is -2.15. The van der Waals surface area contributed by atoms with E-state index in [1.54, 1.807) is 30.3 Å². The fourth-order valence-corrected chi connectivity index (χ4v) is 4.30. The van der Waals surface area contributed by atoms with E-state index >= 15 is 0 Å². The van der Waals surface area contributed by atoms with Crippen molar-refractivity contribution in [2.75, 3.05) is 25.5 Å². The van der Waals surface area contributed by atoms with Crippen molar-refractivity contribution in [2.24, 2.45) is 0 Å². The smallest absolute Gasteiger partial charge is 0.265 e. The Kier molecular flexibility index (Phi) is 7.32. The van der Waals surface area contributed by atoms with Gasteiger partial charge in [-0.25, -0.2) is 12.8 Å². The maximum atomic E-state index is 13.0. The third-order valence-corrected chi connectivity index (χ3v) is 6.08. The number of sulfonamides is 1. The van der Waals surface area contributed by atoms with Gasteiger partial charge in [0.2, 0.25) is 0 Å². The molecule has 9 heteroatoms. The highest BCUT2D eigenvalue weighted by molar-refractivity contribution is 7.92. The second-order valence-corrected chi connectivity index (χ2v) is 8.45. The largest absolute Gasteiger partial charge is 0.497 e. The monoisotopic (exact) mass is 458 g/mol. The second-order valence-electron chi connectivity index (χ2n) is 6.80. The summed E-state index contributed by atoms with van der Waals surface area (Å²) in [5.74, 6) is -0.285. The van der Waals surface area contributed by atoms with E-state index in [2.05, 4.69) is 10.0 Å². The molecular weight excluding hydrogens is 435 g/mol. The van der Waals surface area contributed by atoms with Crippen LogP contribution >= 0.6 is 0 Å². The van der Waals surface area contributed by atoms with Crippen LogP contribution in [-0.4, -0.2) is 35.1 Å². The first-order valence-electron chi connectivity index (χ1n) is 9.70. The zero-order valence-electron chi connectivity index (χ0n) is 17.6. The summed E-state index contributed by atoms with van der Waals surface area (Å²) in [5.41, 5.74) is 1.15. The molecule has 2 N–H and O–H groups in total. The number of halogens is 1. The minimum Gasteiger partial charge on any atom is -0.497 e. The summed E-state index contributed by atoms with van der Waals surface area (Å²) in [6.45, 7) is 0.301. The van der Waals surface area contributed by atoms with Gasteiger partial charge in [0, 0.05) is 12.6 Å². The highest BCUT2D eigenvalue weighted by Crippen LogP contribution is 2.30. The fourth-order valence-electron chi connectivity index (χ4n) is 3.03. The van der Waals surface area contributed by atoms with Crippen molar-refractivity contribution in [2.45, 2.75) is 11.3 Å². The van der Waals surface area contributed by atoms with E-state index in [9.17, 15) is 17.6 Å². The average Bonchev–Trinajstić information content (AvgIpc) is 2.80. The number of carbonyl (C=O) groups is 1. The molecular formula is C23H23FN2O5S. The number of para-hydroxylation sites is 1. The summed E-state index contributed by atoms with van der Waals surface area (Å²) >= 11 is 0. The van der Waals surface area contributed by atoms with Crippen molar-refractivity contribution in [3.63, 3.8) is 0 Å². The minimum absolute atomic E-state index is 0.120. The van der Waals surface area contributed by atoms with E-state index in [0.29, 0.717) is 18.7 Å². The third-order valence-electron chi connectivity index (χ3n) is 4.69. The summed E-state index contributed by atoms with van der Waals surface area (Å²) in [6, 6.07) is 16.7. The molecule has 0 spiro atoms. The van der Waals surface area contributed by atoms with Crippen molar-refractivity contribution in [1.29, 1.82) is 0 Å². The van der Waals surface area contributed by atoms with Gasteiger partial charge in [0.1, 0.15) is 22.2 Å². The fraction of sp³-hybridized carbons (Fsp3) is 0.174. The molecule has 168 valence electrons. The van der Waals surface area contributed by atoms with E-state index in [-0.39, 0.29) is 27.7 Å². The Labute approximate surface area is 186 Å². The van der Waals surface area contributed by atoms with Crippen LogP contribution in [0.3, 0.4) is 0 Å². The van der Waals surface area contributed by atoms with Crippen LogP contribution in [0.15, 0.2) is 71.6 Å². The third kappa shape index (κ3) is 5.55. The first-order valence-corrected chi connectivity index (χ1v) is 11.2. The van der Waals surface area contributed by atoms with Crippen molar-refractivity contribution in [3.8, 4) is 11.5 Å². The quantitative estimate of drug-likeness (QED) is 0.511. The molecule has 3 aromatic rings. The van der Waals surface area contributed by atoms with Gasteiger partial charge in [-0.2, -0.15) is 0 Å². The molecule has 0 unspecified atom stereocenters. The molecule has 0 aliphatic rings. The van der Waals surface area contributed by atoms with E-state index in [4.69, 9.17) is 9.47 Å². The van der Waals surface area contributed by atoms with Crippen LogP contribution in [0.25, 0.3) is 0 Å². The van der Waals surface area contributed by atoms with Crippen LogP contribution < -0.4 is 19.5 Å². The van der Waals surface area contributed by atoms with Gasteiger partial charge in [0.15, 0.2) is 0 Å². The Hall–Kier alpha value is -3.59. The van der Waals surface area contributed by atoms with Crippen molar-refractivity contribution in [1.82, 2.24) is 5.32 Å². The van der Waals surface area contributed by atoms with E-state index in [0.717, 1.165) is 5.56 Å². The SMILES string of the molecule is COc1ccc(OC)c(S(=O)(=O)Nc2ccccc2C(=O)NCCc2ccc(F)cc2)c1. The Morgan fingerprint density at radius 1 is 0.969 bits per heavy atom. The van der Waals surface area contributed by atoms with Gasteiger partial charge in [-0.15, -0.1) is 0 Å². The summed E-state index contributed by atoms with van der Waals surface area (Å²) in [6.07, 6.45) is 0.501. The Balaban J connectivity index is 1.77. The maximum absolute atomic E-state index is 13.0. The molecule has 0 radical (unpaired) electrons. The number of hydrogen-bond acceptors (Lipinski definition) is 5. The number of ether oxygens (including phenoxy) is 2. The van der Waals surface area contributed by atoms with Gasteiger partial charge in [-0.05, 0) is 48.4 Å². The molecule has 0 atom stereocenters. The number of carbonyl (C=O) groups excluding carboxylic acids is 1. The Morgan fingerprint density at radius 3 is 2.38 bits per heavy atom. The molecule has 3 aromatic carbocycles. The van der Waals surface area contributed by atoms with E-state index in [1.165, 1.54) is 50.6 Å². The predicted octanol–water partition coefficient (Wildman–Crippen LogP) is 3.62. The van der Waals surface area contributed by atoms with Gasteiger partial charge in [0.25, 0.3) is 15.9 Å². The zero-order chi connectivity index (χ0) is 23.1. The number of amides is 1. The van der Waals surface area contributed by atoms with Crippen molar-refractivity contribution in [3.05, 3.63) is 83.7 Å². The highest BCUT2D eigenvalue weighted by Gasteiger charge is 2.23. The summed E-state index contributed by atoms with van der Waals surface area (Å²) in [5, 5.41) is 2.76. The average molecular weight is 459 g/mol. The van der Waals surface area contributed by atoms with Gasteiger partial charge < -0.3 is 14.8 Å². The molecule has 0 bridgehead atoms. The predicted molar refractivity (Wildman–Crippen MR) is 119 cm³/mol. The molecule has 7 nitrogen and oxygen atoms in total. The van der Waals surface area contributed by atoms with Crippen LogP contribution in [-0.2, 0) is 16.4 Å². The summed E-state index contributed by atoms with van der Waals surface area (Å²) in [7, 11) is -1.29. The van der Waals surface area contributed by atoms with Crippen LogP contribution in [0.4, 0.5) is 10.1 Å². The number of nitrogens with one attached hydrogen (secondary N) is 2. The zero-order valence-corrected chi connectivity index (χ0v) is 18.4. The van der Waals surface area contributed by atoms with Gasteiger partial charge in [-0.1, -0.05) is 24.3 Å². The first-order chi connectivity index (χ1) is 15.3. The molecule has 32 heavy (non-hydrogen) atoms. The van der Waals surface area contributed by atoms with Crippen LogP contribution in [0.1, 0.15) is 15.9 Å². The number of hydrogen-bond donors (Lipinski definition) is 2. The van der Waals surface area contributed by atoms with Gasteiger partial charge in [-0.3, -0.25) is 9.52 Å². The van der Waals surface area contributed by atoms with Crippen LogP contribution in [0.5, 0.6) is 11.5 Å². The molecule has 0 aliphatic carbocycles. The Morgan fingerprint density at radius 2 is 1.69 bits per heavy atom. The first kappa shape index (κ1) is 23.1. The lowest BCUT2D eigenvalue weighted by Crippen LogP contribution is -2.27. The molecule has 0 fully saturated rings. The lowest BCUT2D eigenvalue weighted by atomic mass is 10.1. The highest BCUT2D eigenvalue weighted by atomic mass is 32.2. The Bertz CT molecular complexity index is 1200. The molecule has 0 aliphatic heterocycles. The lowest BCUT2D eigenvalue weighted by molar-refractivity contribution is 0.0955. The molecule has 0 saturated heterocycles. The van der Waals surface area contributed by atoms with Gasteiger partial charge >= 0.3 is 0 Å². The van der Waals surface area contributed by atoms with Crippen LogP contribution in [0.2, 0.25) is 0 Å². The van der Waals surface area contributed by atoms with E-state index in [1.807, 2.05) is 0 Å². The molecule has 0 heterocycles. The number of rotatable bonds is 9. The summed E-state index contributed by atoms with van der Waals surface area (Å²) in [4.78, 5) is 12.6. The second kappa shape index (κ2) is 10.1. The molecule has 3 rings (SSSR count). The molecule has 0 aromatic heterocycles. The maximum Gasteiger partial charge on any atom is 0.265 e. The molecule has 0 saturated carbocycles. The number of methoxy groups -OCH3 is 2. The van der Waals surface area contributed by atoms with Gasteiger partial charge in [0.05, 0.1) is 25.5 Å². The van der Waals surface area contributed by atoms with Crippen molar-refractivity contribution >= 4 is 21.6 Å². The number of benzene rings is 3. The molecule has 1 amide bonds. The van der Waals surface area contributed by atoms with E-state index < -0.39 is 15.9 Å². The van der Waals surface area contributed by atoms with Crippen molar-refractivity contribution < 1.29 is 27.1 Å². The number of anilines is 1.